The highest BCUT2D eigenvalue weighted by molar-refractivity contribution is 6.31. The lowest BCUT2D eigenvalue weighted by atomic mass is 10.0. The zero-order chi connectivity index (χ0) is 19.1. The predicted molar refractivity (Wildman–Crippen MR) is 106 cm³/mol. The number of amides is 1. The number of benzene rings is 1. The number of hydrogen-bond donors (Lipinski definition) is 1. The van der Waals surface area contributed by atoms with Gasteiger partial charge in [0.05, 0.1) is 0 Å². The fourth-order valence-corrected chi connectivity index (χ4v) is 4.44. The predicted octanol–water partition coefficient (Wildman–Crippen LogP) is 2.41. The minimum absolute atomic E-state index is 0.0292. The summed E-state index contributed by atoms with van der Waals surface area (Å²) in [5.74, 6) is 1.72. The van der Waals surface area contributed by atoms with Crippen molar-refractivity contribution in [1.82, 2.24) is 14.9 Å². The summed E-state index contributed by atoms with van der Waals surface area (Å²) in [5, 5.41) is 0.563. The third kappa shape index (κ3) is 3.51. The van der Waals surface area contributed by atoms with E-state index in [4.69, 9.17) is 17.3 Å². The molecular weight excluding hydrogens is 362 g/mol. The number of aryl methyl sites for hydroxylation is 2. The number of fused-ring (bicyclic) bond motifs is 1. The Morgan fingerprint density at radius 3 is 2.33 bits per heavy atom. The zero-order valence-corrected chi connectivity index (χ0v) is 16.4. The largest absolute Gasteiger partial charge is 0.340 e. The van der Waals surface area contributed by atoms with Crippen LogP contribution in [0.15, 0.2) is 24.3 Å². The molecule has 0 saturated carbocycles. The minimum atomic E-state index is 0.0292. The Labute approximate surface area is 164 Å². The van der Waals surface area contributed by atoms with E-state index >= 15 is 0 Å². The summed E-state index contributed by atoms with van der Waals surface area (Å²) < 4.78 is 0. The molecule has 2 aliphatic rings. The van der Waals surface area contributed by atoms with Gasteiger partial charge in [-0.3, -0.25) is 4.79 Å². The SMILES string of the molecule is Cc1cc(C)nc(N2CC3CN(C(=O)c4cc(Cl)ccc4CN)CC3C2)n1. The van der Waals surface area contributed by atoms with Crippen molar-refractivity contribution in [3.05, 3.63) is 51.8 Å². The molecule has 0 spiro atoms. The van der Waals surface area contributed by atoms with Gasteiger partial charge in [-0.05, 0) is 37.6 Å². The molecule has 2 aromatic rings. The first-order valence-corrected chi connectivity index (χ1v) is 9.67. The van der Waals surface area contributed by atoms with Crippen molar-refractivity contribution >= 4 is 23.5 Å². The van der Waals surface area contributed by atoms with Gasteiger partial charge >= 0.3 is 0 Å². The molecule has 142 valence electrons. The van der Waals surface area contributed by atoms with Crippen molar-refractivity contribution in [2.24, 2.45) is 17.6 Å². The number of likely N-dealkylation sites (tertiary alicyclic amines) is 1. The maximum Gasteiger partial charge on any atom is 0.254 e. The van der Waals surface area contributed by atoms with Gasteiger partial charge in [0.15, 0.2) is 0 Å². The molecule has 0 aliphatic carbocycles. The van der Waals surface area contributed by atoms with E-state index < -0.39 is 0 Å². The van der Waals surface area contributed by atoms with E-state index in [2.05, 4.69) is 14.9 Å². The average molecular weight is 386 g/mol. The summed E-state index contributed by atoms with van der Waals surface area (Å²) in [6, 6.07) is 7.34. The molecule has 2 aliphatic heterocycles. The van der Waals surface area contributed by atoms with Crippen LogP contribution in [0, 0.1) is 25.7 Å². The molecule has 0 radical (unpaired) electrons. The fraction of sp³-hybridized carbons (Fsp3) is 0.450. The van der Waals surface area contributed by atoms with Crippen molar-refractivity contribution in [2.45, 2.75) is 20.4 Å². The van der Waals surface area contributed by atoms with Crippen molar-refractivity contribution in [1.29, 1.82) is 0 Å². The number of carbonyl (C=O) groups excluding carboxylic acids is 1. The molecule has 27 heavy (non-hydrogen) atoms. The number of rotatable bonds is 3. The molecule has 6 nitrogen and oxygen atoms in total. The van der Waals surface area contributed by atoms with Crippen LogP contribution in [0.2, 0.25) is 5.02 Å². The van der Waals surface area contributed by atoms with Crippen LogP contribution in [0.25, 0.3) is 0 Å². The molecule has 4 rings (SSSR count). The third-order valence-corrected chi connectivity index (χ3v) is 5.78. The molecule has 2 fully saturated rings. The maximum absolute atomic E-state index is 13.0. The monoisotopic (exact) mass is 385 g/mol. The molecule has 1 aromatic heterocycles. The van der Waals surface area contributed by atoms with E-state index in [9.17, 15) is 4.79 Å². The topological polar surface area (TPSA) is 75.4 Å². The Hall–Kier alpha value is -2.18. The second-order valence-electron chi connectivity index (χ2n) is 7.59. The van der Waals surface area contributed by atoms with Crippen LogP contribution >= 0.6 is 11.6 Å². The highest BCUT2D eigenvalue weighted by Gasteiger charge is 2.42. The first-order valence-electron chi connectivity index (χ1n) is 9.29. The van der Waals surface area contributed by atoms with Gasteiger partial charge in [0.1, 0.15) is 0 Å². The normalized spacial score (nSPS) is 21.6. The molecule has 1 aromatic carbocycles. The highest BCUT2D eigenvalue weighted by atomic mass is 35.5. The van der Waals surface area contributed by atoms with Crippen molar-refractivity contribution in [3.8, 4) is 0 Å². The van der Waals surface area contributed by atoms with Gasteiger partial charge in [0.25, 0.3) is 5.91 Å². The van der Waals surface area contributed by atoms with E-state index in [1.165, 1.54) is 0 Å². The number of nitrogens with zero attached hydrogens (tertiary/aromatic N) is 4. The van der Waals surface area contributed by atoms with E-state index in [1.807, 2.05) is 30.9 Å². The maximum atomic E-state index is 13.0. The van der Waals surface area contributed by atoms with Crippen LogP contribution in [0.1, 0.15) is 27.3 Å². The molecule has 2 saturated heterocycles. The lowest BCUT2D eigenvalue weighted by molar-refractivity contribution is 0.0781. The van der Waals surface area contributed by atoms with Crippen LogP contribution in [0.3, 0.4) is 0 Å². The smallest absolute Gasteiger partial charge is 0.254 e. The number of halogens is 1. The Balaban J connectivity index is 1.47. The lowest BCUT2D eigenvalue weighted by Crippen LogP contribution is -2.34. The molecule has 1 amide bonds. The van der Waals surface area contributed by atoms with Crippen molar-refractivity contribution in [2.75, 3.05) is 31.1 Å². The third-order valence-electron chi connectivity index (χ3n) is 5.55. The van der Waals surface area contributed by atoms with E-state index in [0.717, 1.165) is 49.1 Å². The molecule has 2 N–H and O–H groups in total. The molecule has 2 unspecified atom stereocenters. The van der Waals surface area contributed by atoms with Gasteiger partial charge < -0.3 is 15.5 Å². The molecule has 0 bridgehead atoms. The van der Waals surface area contributed by atoms with Gasteiger partial charge in [0.2, 0.25) is 5.95 Å². The summed E-state index contributed by atoms with van der Waals surface area (Å²) in [7, 11) is 0. The van der Waals surface area contributed by atoms with Crippen LogP contribution in [-0.4, -0.2) is 47.0 Å². The van der Waals surface area contributed by atoms with E-state index in [1.54, 1.807) is 12.1 Å². The Morgan fingerprint density at radius 1 is 1.11 bits per heavy atom. The van der Waals surface area contributed by atoms with Crippen LogP contribution in [0.4, 0.5) is 5.95 Å². The molecule has 2 atom stereocenters. The zero-order valence-electron chi connectivity index (χ0n) is 15.7. The quantitative estimate of drug-likeness (QED) is 0.878. The summed E-state index contributed by atoms with van der Waals surface area (Å²) >= 11 is 6.10. The van der Waals surface area contributed by atoms with Crippen molar-refractivity contribution < 1.29 is 4.79 Å². The number of carbonyl (C=O) groups is 1. The van der Waals surface area contributed by atoms with Gasteiger partial charge in [-0.25, -0.2) is 9.97 Å². The number of hydrogen-bond acceptors (Lipinski definition) is 5. The second kappa shape index (κ2) is 7.09. The first kappa shape index (κ1) is 18.2. The molecule has 7 heteroatoms. The summed E-state index contributed by atoms with van der Waals surface area (Å²) in [6.45, 7) is 7.59. The Bertz CT molecular complexity index is 852. The van der Waals surface area contributed by atoms with Gasteiger partial charge in [-0.2, -0.15) is 0 Å². The number of aromatic nitrogens is 2. The number of nitrogens with two attached hydrogens (primary N) is 1. The molecule has 3 heterocycles. The second-order valence-corrected chi connectivity index (χ2v) is 8.03. The Kier molecular flexibility index (Phi) is 4.78. The first-order chi connectivity index (χ1) is 12.9. The minimum Gasteiger partial charge on any atom is -0.340 e. The van der Waals surface area contributed by atoms with Crippen LogP contribution < -0.4 is 10.6 Å². The van der Waals surface area contributed by atoms with Gasteiger partial charge in [-0.1, -0.05) is 17.7 Å². The fourth-order valence-electron chi connectivity index (χ4n) is 4.27. The van der Waals surface area contributed by atoms with E-state index in [0.29, 0.717) is 29.0 Å². The lowest BCUT2D eigenvalue weighted by Gasteiger charge is -2.23. The van der Waals surface area contributed by atoms with E-state index in [-0.39, 0.29) is 5.91 Å². The summed E-state index contributed by atoms with van der Waals surface area (Å²) in [6.07, 6.45) is 0. The summed E-state index contributed by atoms with van der Waals surface area (Å²) in [5.41, 5.74) is 9.24. The standard InChI is InChI=1S/C20H24ClN5O/c1-12-5-13(2)24-20(23-12)26-10-15-8-25(9-16(15)11-26)19(27)18-6-17(21)4-3-14(18)7-22/h3-6,15-16H,7-11,22H2,1-2H3. The van der Waals surface area contributed by atoms with Gasteiger partial charge in [-0.15, -0.1) is 0 Å². The number of anilines is 1. The van der Waals surface area contributed by atoms with Crippen LogP contribution in [-0.2, 0) is 6.54 Å². The average Bonchev–Trinajstić information content (AvgIpc) is 3.19. The summed E-state index contributed by atoms with van der Waals surface area (Å²) in [4.78, 5) is 26.4. The van der Waals surface area contributed by atoms with Gasteiger partial charge in [0, 0.05) is 66.5 Å². The molecular formula is C20H24ClN5O. The van der Waals surface area contributed by atoms with Crippen molar-refractivity contribution in [3.63, 3.8) is 0 Å². The highest BCUT2D eigenvalue weighted by Crippen LogP contribution is 2.34. The Morgan fingerprint density at radius 2 is 1.74 bits per heavy atom. The van der Waals surface area contributed by atoms with Crippen LogP contribution in [0.5, 0.6) is 0 Å².